The lowest BCUT2D eigenvalue weighted by atomic mass is 9.97. The van der Waals surface area contributed by atoms with E-state index in [1.54, 1.807) is 28.9 Å². The molecule has 1 aliphatic rings. The first-order valence-electron chi connectivity index (χ1n) is 9.48. The van der Waals surface area contributed by atoms with Gasteiger partial charge in [0.25, 0.3) is 5.56 Å². The Bertz CT molecular complexity index is 1080. The number of thiophene rings is 1. The fourth-order valence-electron chi connectivity index (χ4n) is 3.49. The van der Waals surface area contributed by atoms with E-state index in [1.807, 2.05) is 6.92 Å². The van der Waals surface area contributed by atoms with Crippen LogP contribution in [-0.4, -0.2) is 26.4 Å². The molecule has 0 spiro atoms. The molecular weight excluding hydrogens is 396 g/mol. The Hall–Kier alpha value is -2.13. The van der Waals surface area contributed by atoms with Gasteiger partial charge < -0.3 is 9.84 Å². The number of hydrogen-bond acceptors (Lipinski definition) is 7. The molecule has 0 atom stereocenters. The van der Waals surface area contributed by atoms with Gasteiger partial charge in [0.2, 0.25) is 5.91 Å². The first-order valence-corrected chi connectivity index (χ1v) is 11.3. The van der Waals surface area contributed by atoms with Gasteiger partial charge in [0.1, 0.15) is 10.6 Å². The Kier molecular flexibility index (Phi) is 5.54. The topological polar surface area (TPSA) is 90.0 Å². The lowest BCUT2D eigenvalue weighted by Gasteiger charge is -2.12. The van der Waals surface area contributed by atoms with Gasteiger partial charge in [-0.2, -0.15) is 0 Å². The largest absolute Gasteiger partial charge is 0.360 e. The van der Waals surface area contributed by atoms with Crippen molar-refractivity contribution < 1.29 is 9.32 Å². The van der Waals surface area contributed by atoms with Gasteiger partial charge >= 0.3 is 0 Å². The van der Waals surface area contributed by atoms with Crippen molar-refractivity contribution >= 4 is 45.0 Å². The number of aromatic nitrogens is 3. The average molecular weight is 419 g/mol. The SMILES string of the molecule is CCCn1c(SCC(=O)Nc2cc(C)on2)nc2sc3c(c2c1=O)CCCC3. The molecule has 148 valence electrons. The molecule has 7 nitrogen and oxygen atoms in total. The number of aryl methyl sites for hydroxylation is 3. The maximum Gasteiger partial charge on any atom is 0.263 e. The van der Waals surface area contributed by atoms with Crippen LogP contribution in [0.25, 0.3) is 10.2 Å². The number of nitrogens with one attached hydrogen (secondary N) is 1. The molecule has 1 amide bonds. The summed E-state index contributed by atoms with van der Waals surface area (Å²) < 4.78 is 6.68. The third-order valence-corrected chi connectivity index (χ3v) is 6.88. The van der Waals surface area contributed by atoms with Crippen LogP contribution >= 0.6 is 23.1 Å². The molecule has 0 saturated heterocycles. The van der Waals surface area contributed by atoms with Crippen LogP contribution in [0.15, 0.2) is 20.5 Å². The highest BCUT2D eigenvalue weighted by atomic mass is 32.2. The molecule has 0 radical (unpaired) electrons. The molecule has 9 heteroatoms. The van der Waals surface area contributed by atoms with Crippen molar-refractivity contribution in [3.8, 4) is 0 Å². The summed E-state index contributed by atoms with van der Waals surface area (Å²) in [4.78, 5) is 32.3. The molecule has 0 unspecified atom stereocenters. The van der Waals surface area contributed by atoms with Crippen LogP contribution < -0.4 is 10.9 Å². The summed E-state index contributed by atoms with van der Waals surface area (Å²) in [6.45, 7) is 4.40. The Labute approximate surface area is 170 Å². The van der Waals surface area contributed by atoms with Crippen LogP contribution in [0.2, 0.25) is 0 Å². The maximum atomic E-state index is 13.2. The van der Waals surface area contributed by atoms with Gasteiger partial charge in [0, 0.05) is 17.5 Å². The Morgan fingerprint density at radius 1 is 1.39 bits per heavy atom. The van der Waals surface area contributed by atoms with E-state index in [-0.39, 0.29) is 17.2 Å². The molecule has 1 N–H and O–H groups in total. The van der Waals surface area contributed by atoms with Crippen molar-refractivity contribution in [1.29, 1.82) is 0 Å². The van der Waals surface area contributed by atoms with Gasteiger partial charge in [-0.15, -0.1) is 11.3 Å². The van der Waals surface area contributed by atoms with E-state index in [0.717, 1.165) is 35.9 Å². The highest BCUT2D eigenvalue weighted by Crippen LogP contribution is 2.34. The molecule has 1 aliphatic carbocycles. The lowest BCUT2D eigenvalue weighted by Crippen LogP contribution is -2.24. The van der Waals surface area contributed by atoms with E-state index in [4.69, 9.17) is 9.51 Å². The van der Waals surface area contributed by atoms with Crippen LogP contribution in [0.4, 0.5) is 5.82 Å². The van der Waals surface area contributed by atoms with E-state index in [9.17, 15) is 9.59 Å². The quantitative estimate of drug-likeness (QED) is 0.484. The molecule has 28 heavy (non-hydrogen) atoms. The van der Waals surface area contributed by atoms with Crippen LogP contribution in [0, 0.1) is 6.92 Å². The Morgan fingerprint density at radius 3 is 2.96 bits per heavy atom. The second kappa shape index (κ2) is 8.08. The molecule has 0 saturated carbocycles. The smallest absolute Gasteiger partial charge is 0.263 e. The van der Waals surface area contributed by atoms with Gasteiger partial charge in [-0.3, -0.25) is 14.2 Å². The number of carbonyl (C=O) groups is 1. The number of anilines is 1. The maximum absolute atomic E-state index is 13.2. The zero-order valence-electron chi connectivity index (χ0n) is 15.9. The molecule has 3 heterocycles. The summed E-state index contributed by atoms with van der Waals surface area (Å²) in [5, 5.41) is 7.86. The van der Waals surface area contributed by atoms with Crippen molar-refractivity contribution in [1.82, 2.24) is 14.7 Å². The van der Waals surface area contributed by atoms with E-state index >= 15 is 0 Å². The zero-order chi connectivity index (χ0) is 19.7. The first kappa shape index (κ1) is 19.2. The van der Waals surface area contributed by atoms with E-state index in [0.29, 0.717) is 23.3 Å². The van der Waals surface area contributed by atoms with E-state index in [2.05, 4.69) is 10.5 Å². The third-order valence-electron chi connectivity index (χ3n) is 4.71. The third kappa shape index (κ3) is 3.73. The predicted octanol–water partition coefficient (Wildman–Crippen LogP) is 3.77. The van der Waals surface area contributed by atoms with E-state index < -0.39 is 0 Å². The minimum Gasteiger partial charge on any atom is -0.360 e. The van der Waals surface area contributed by atoms with Crippen molar-refractivity contribution in [3.05, 3.63) is 32.6 Å². The summed E-state index contributed by atoms with van der Waals surface area (Å²) in [5.41, 5.74) is 1.23. The predicted molar refractivity (Wildman–Crippen MR) is 111 cm³/mol. The molecule has 3 aromatic heterocycles. The molecule has 0 fully saturated rings. The van der Waals surface area contributed by atoms with Gasteiger partial charge in [-0.05, 0) is 44.6 Å². The average Bonchev–Trinajstić information content (AvgIpc) is 3.25. The number of nitrogens with zero attached hydrogens (tertiary/aromatic N) is 3. The molecule has 0 aliphatic heterocycles. The highest BCUT2D eigenvalue weighted by Gasteiger charge is 2.22. The summed E-state index contributed by atoms with van der Waals surface area (Å²) in [6.07, 6.45) is 5.13. The number of carbonyl (C=O) groups excluding carboxylic acids is 1. The number of rotatable bonds is 6. The van der Waals surface area contributed by atoms with Crippen LogP contribution in [0.3, 0.4) is 0 Å². The summed E-state index contributed by atoms with van der Waals surface area (Å²) in [5.74, 6) is 0.969. The minimum atomic E-state index is -0.207. The van der Waals surface area contributed by atoms with Gasteiger partial charge in [0.05, 0.1) is 11.1 Å². The van der Waals surface area contributed by atoms with E-state index in [1.165, 1.54) is 28.6 Å². The fourth-order valence-corrected chi connectivity index (χ4v) is 5.61. The van der Waals surface area contributed by atoms with Gasteiger partial charge in [-0.25, -0.2) is 4.98 Å². The molecule has 0 aromatic carbocycles. The number of thioether (sulfide) groups is 1. The normalized spacial score (nSPS) is 13.6. The Balaban J connectivity index is 1.61. The van der Waals surface area contributed by atoms with Crippen molar-refractivity contribution in [2.24, 2.45) is 0 Å². The van der Waals surface area contributed by atoms with Crippen LogP contribution in [-0.2, 0) is 24.2 Å². The van der Waals surface area contributed by atoms with Gasteiger partial charge in [-0.1, -0.05) is 23.8 Å². The first-order chi connectivity index (χ1) is 13.6. The zero-order valence-corrected chi connectivity index (χ0v) is 17.5. The summed E-state index contributed by atoms with van der Waals surface area (Å²) in [6, 6.07) is 1.66. The number of fused-ring (bicyclic) bond motifs is 3. The highest BCUT2D eigenvalue weighted by molar-refractivity contribution is 7.99. The van der Waals surface area contributed by atoms with Crippen LogP contribution in [0.1, 0.15) is 42.4 Å². The molecule has 0 bridgehead atoms. The Morgan fingerprint density at radius 2 is 2.21 bits per heavy atom. The van der Waals surface area contributed by atoms with Crippen molar-refractivity contribution in [2.45, 2.75) is 57.7 Å². The lowest BCUT2D eigenvalue weighted by molar-refractivity contribution is -0.113. The molecular formula is C19H22N4O3S2. The number of hydrogen-bond donors (Lipinski definition) is 1. The van der Waals surface area contributed by atoms with Crippen molar-refractivity contribution in [2.75, 3.05) is 11.1 Å². The standard InChI is InChI=1S/C19H22N4O3S2/c1-3-8-23-18(25)16-12-6-4-5-7-13(12)28-17(16)21-19(23)27-10-15(24)20-14-9-11(2)26-22-14/h9H,3-8,10H2,1-2H3,(H,20,22,24). The monoisotopic (exact) mass is 418 g/mol. The molecule has 3 aromatic rings. The summed E-state index contributed by atoms with van der Waals surface area (Å²) >= 11 is 2.92. The van der Waals surface area contributed by atoms with Crippen molar-refractivity contribution in [3.63, 3.8) is 0 Å². The second-order valence-electron chi connectivity index (χ2n) is 6.90. The minimum absolute atomic E-state index is 0.0290. The van der Waals surface area contributed by atoms with Gasteiger partial charge in [0.15, 0.2) is 11.0 Å². The molecule has 4 rings (SSSR count). The fraction of sp³-hybridized carbons (Fsp3) is 0.474. The summed E-state index contributed by atoms with van der Waals surface area (Å²) in [7, 11) is 0. The number of amides is 1. The second-order valence-corrected chi connectivity index (χ2v) is 8.93. The van der Waals surface area contributed by atoms with Crippen LogP contribution in [0.5, 0.6) is 0 Å².